The molecule has 1 amide bonds. The quantitative estimate of drug-likeness (QED) is 0.312. The molecule has 54 valence electrons. The summed E-state index contributed by atoms with van der Waals surface area (Å²) in [5, 5.41) is 11.5. The number of aliphatic hydroxyl groups is 1. The van der Waals surface area contributed by atoms with Crippen molar-refractivity contribution in [2.75, 3.05) is 14.1 Å². The number of rotatable bonds is 3. The van der Waals surface area contributed by atoms with Gasteiger partial charge < -0.3 is 5.11 Å². The Morgan fingerprint density at radius 1 is 1.56 bits per heavy atom. The SMILES string of the molecule is CC(O)N(C=O)N(C)C. The third-order valence-corrected chi connectivity index (χ3v) is 0.953. The normalized spacial score (nSPS) is 13.4. The van der Waals surface area contributed by atoms with E-state index in [1.54, 1.807) is 14.1 Å². The Morgan fingerprint density at radius 3 is 2.00 bits per heavy atom. The molecule has 0 spiro atoms. The molecule has 1 atom stereocenters. The summed E-state index contributed by atoms with van der Waals surface area (Å²) in [5.74, 6) is 0. The van der Waals surface area contributed by atoms with E-state index in [2.05, 4.69) is 0 Å². The van der Waals surface area contributed by atoms with Gasteiger partial charge in [-0.1, -0.05) is 0 Å². The Balaban J connectivity index is 3.82. The minimum absolute atomic E-state index is 0.574. The average molecular weight is 132 g/mol. The zero-order valence-corrected chi connectivity index (χ0v) is 5.90. The Morgan fingerprint density at radius 2 is 2.00 bits per heavy atom. The summed E-state index contributed by atoms with van der Waals surface area (Å²) in [5.41, 5.74) is 0. The topological polar surface area (TPSA) is 43.8 Å². The summed E-state index contributed by atoms with van der Waals surface area (Å²) in [7, 11) is 3.36. The number of carbonyl (C=O) groups is 1. The molecule has 9 heavy (non-hydrogen) atoms. The molecule has 0 bridgehead atoms. The van der Waals surface area contributed by atoms with Gasteiger partial charge in [-0.3, -0.25) is 9.80 Å². The molecule has 0 aliphatic rings. The molecular formula is C5H12N2O2. The fraction of sp³-hybridized carbons (Fsp3) is 0.800. The van der Waals surface area contributed by atoms with E-state index < -0.39 is 6.23 Å². The third-order valence-electron chi connectivity index (χ3n) is 0.953. The van der Waals surface area contributed by atoms with E-state index in [1.807, 2.05) is 0 Å². The molecule has 0 aliphatic carbocycles. The van der Waals surface area contributed by atoms with Crippen molar-refractivity contribution >= 4 is 6.41 Å². The van der Waals surface area contributed by atoms with Crippen LogP contribution in [0, 0.1) is 0 Å². The van der Waals surface area contributed by atoms with Crippen LogP contribution in [0.2, 0.25) is 0 Å². The molecule has 0 aromatic heterocycles. The molecule has 4 nitrogen and oxygen atoms in total. The van der Waals surface area contributed by atoms with E-state index in [0.717, 1.165) is 0 Å². The summed E-state index contributed by atoms with van der Waals surface area (Å²) >= 11 is 0. The summed E-state index contributed by atoms with van der Waals surface area (Å²) in [4.78, 5) is 10.1. The molecule has 0 fully saturated rings. The summed E-state index contributed by atoms with van der Waals surface area (Å²) < 4.78 is 0. The molecule has 4 heteroatoms. The number of carbonyl (C=O) groups excluding carboxylic acids is 1. The van der Waals surface area contributed by atoms with Crippen LogP contribution in [-0.4, -0.2) is 41.9 Å². The monoisotopic (exact) mass is 132 g/mol. The van der Waals surface area contributed by atoms with E-state index in [1.165, 1.54) is 16.9 Å². The van der Waals surface area contributed by atoms with Crippen LogP contribution in [0.3, 0.4) is 0 Å². The largest absolute Gasteiger partial charge is 0.372 e. The second-order valence-corrected chi connectivity index (χ2v) is 1.96. The number of hydrazine groups is 1. The van der Waals surface area contributed by atoms with Gasteiger partial charge >= 0.3 is 0 Å². The zero-order valence-electron chi connectivity index (χ0n) is 5.90. The van der Waals surface area contributed by atoms with Crippen molar-refractivity contribution in [2.24, 2.45) is 0 Å². The molecule has 0 saturated carbocycles. The van der Waals surface area contributed by atoms with Crippen LogP contribution >= 0.6 is 0 Å². The first-order valence-electron chi connectivity index (χ1n) is 2.68. The lowest BCUT2D eigenvalue weighted by Crippen LogP contribution is -2.42. The molecule has 1 unspecified atom stereocenters. The highest BCUT2D eigenvalue weighted by atomic mass is 16.3. The first-order valence-corrected chi connectivity index (χ1v) is 2.68. The van der Waals surface area contributed by atoms with Gasteiger partial charge in [0.1, 0.15) is 6.23 Å². The lowest BCUT2D eigenvalue weighted by molar-refractivity contribution is -0.150. The standard InChI is InChI=1S/C5H12N2O2/c1-5(9)7(4-8)6(2)3/h4-5,9H,1-3H3. The predicted molar refractivity (Wildman–Crippen MR) is 33.3 cm³/mol. The van der Waals surface area contributed by atoms with Crippen molar-refractivity contribution in [1.82, 2.24) is 10.0 Å². The average Bonchev–Trinajstić information content (AvgIpc) is 1.64. The second-order valence-electron chi connectivity index (χ2n) is 1.96. The Bertz CT molecular complexity index is 85.0. The predicted octanol–water partition coefficient (Wildman–Crippen LogP) is -0.740. The lowest BCUT2D eigenvalue weighted by atomic mass is 10.6. The molecule has 0 aliphatic heterocycles. The van der Waals surface area contributed by atoms with E-state index in [4.69, 9.17) is 5.11 Å². The molecule has 0 rings (SSSR count). The number of amides is 1. The lowest BCUT2D eigenvalue weighted by Gasteiger charge is -2.26. The second kappa shape index (κ2) is 3.42. The van der Waals surface area contributed by atoms with Gasteiger partial charge in [0.25, 0.3) is 0 Å². The molecule has 0 saturated heterocycles. The van der Waals surface area contributed by atoms with Gasteiger partial charge in [0.2, 0.25) is 6.41 Å². The van der Waals surface area contributed by atoms with Crippen molar-refractivity contribution in [2.45, 2.75) is 13.2 Å². The minimum atomic E-state index is -0.752. The maximum Gasteiger partial charge on any atom is 0.226 e. The van der Waals surface area contributed by atoms with Crippen LogP contribution in [-0.2, 0) is 4.79 Å². The van der Waals surface area contributed by atoms with Crippen molar-refractivity contribution in [3.63, 3.8) is 0 Å². The van der Waals surface area contributed by atoms with Crippen molar-refractivity contribution in [1.29, 1.82) is 0 Å². The maximum absolute atomic E-state index is 10.1. The molecular weight excluding hydrogens is 120 g/mol. The molecule has 0 aromatic rings. The summed E-state index contributed by atoms with van der Waals surface area (Å²) in [6.07, 6.45) is -0.178. The highest BCUT2D eigenvalue weighted by Crippen LogP contribution is 1.91. The summed E-state index contributed by atoms with van der Waals surface area (Å²) in [6, 6.07) is 0. The van der Waals surface area contributed by atoms with Gasteiger partial charge in [-0.15, -0.1) is 0 Å². The van der Waals surface area contributed by atoms with E-state index >= 15 is 0 Å². The van der Waals surface area contributed by atoms with Gasteiger partial charge in [-0.2, -0.15) is 0 Å². The zero-order chi connectivity index (χ0) is 7.44. The fourth-order valence-electron chi connectivity index (χ4n) is 0.517. The van der Waals surface area contributed by atoms with Crippen LogP contribution in [0.25, 0.3) is 0 Å². The van der Waals surface area contributed by atoms with Crippen LogP contribution in [0.15, 0.2) is 0 Å². The van der Waals surface area contributed by atoms with Crippen molar-refractivity contribution in [3.8, 4) is 0 Å². The van der Waals surface area contributed by atoms with Gasteiger partial charge in [0.05, 0.1) is 0 Å². The Labute approximate surface area is 54.6 Å². The van der Waals surface area contributed by atoms with Crippen LogP contribution in [0.4, 0.5) is 0 Å². The number of nitrogens with zero attached hydrogens (tertiary/aromatic N) is 2. The van der Waals surface area contributed by atoms with Crippen molar-refractivity contribution < 1.29 is 9.90 Å². The fourth-order valence-corrected chi connectivity index (χ4v) is 0.517. The first-order chi connectivity index (χ1) is 4.09. The molecule has 0 aromatic carbocycles. The van der Waals surface area contributed by atoms with Crippen molar-refractivity contribution in [3.05, 3.63) is 0 Å². The Kier molecular flexibility index (Phi) is 3.19. The van der Waals surface area contributed by atoms with Gasteiger partial charge in [-0.25, -0.2) is 5.01 Å². The van der Waals surface area contributed by atoms with E-state index in [-0.39, 0.29) is 0 Å². The highest BCUT2D eigenvalue weighted by molar-refractivity contribution is 5.46. The smallest absolute Gasteiger partial charge is 0.226 e. The Hall–Kier alpha value is -0.610. The van der Waals surface area contributed by atoms with Gasteiger partial charge in [-0.05, 0) is 6.92 Å². The third kappa shape index (κ3) is 2.43. The maximum atomic E-state index is 10.1. The van der Waals surface area contributed by atoms with E-state index in [9.17, 15) is 4.79 Å². The molecule has 0 heterocycles. The van der Waals surface area contributed by atoms with Gasteiger partial charge in [0, 0.05) is 14.1 Å². The molecule has 1 N–H and O–H groups in total. The highest BCUT2D eigenvalue weighted by Gasteiger charge is 2.08. The van der Waals surface area contributed by atoms with E-state index in [0.29, 0.717) is 6.41 Å². The summed E-state index contributed by atoms with van der Waals surface area (Å²) in [6.45, 7) is 1.52. The first kappa shape index (κ1) is 8.39. The number of aliphatic hydroxyl groups excluding tert-OH is 1. The minimum Gasteiger partial charge on any atom is -0.372 e. The number of hydrogen-bond acceptors (Lipinski definition) is 3. The van der Waals surface area contributed by atoms with Gasteiger partial charge in [0.15, 0.2) is 0 Å². The molecule has 0 radical (unpaired) electrons. The van der Waals surface area contributed by atoms with Crippen LogP contribution in [0.1, 0.15) is 6.92 Å². The van der Waals surface area contributed by atoms with Crippen LogP contribution in [0.5, 0.6) is 0 Å². The number of hydrogen-bond donors (Lipinski definition) is 1. The van der Waals surface area contributed by atoms with Crippen LogP contribution < -0.4 is 0 Å².